The van der Waals surface area contributed by atoms with Crippen molar-refractivity contribution in [2.24, 2.45) is 0 Å². The minimum atomic E-state index is -1.11. The minimum Gasteiger partial charge on any atom is -0.508 e. The number of carboxylic acid groups (broad SMARTS) is 1. The zero-order valence-corrected chi connectivity index (χ0v) is 13.3. The number of nitrogens with one attached hydrogen (secondary N) is 1. The van der Waals surface area contributed by atoms with Gasteiger partial charge in [-0.1, -0.05) is 42.5 Å². The lowest BCUT2D eigenvalue weighted by Crippen LogP contribution is -2.42. The van der Waals surface area contributed by atoms with Gasteiger partial charge in [0, 0.05) is 12.0 Å². The SMILES string of the molecule is O=C(N[C@@H](Cc1ccc(O)cc1)C(=O)O)c1ccc2ccccc2c1. The van der Waals surface area contributed by atoms with Crippen molar-refractivity contribution >= 4 is 22.6 Å². The summed E-state index contributed by atoms with van der Waals surface area (Å²) in [6.07, 6.45) is 0.134. The van der Waals surface area contributed by atoms with Crippen molar-refractivity contribution in [3.63, 3.8) is 0 Å². The van der Waals surface area contributed by atoms with Gasteiger partial charge in [-0.25, -0.2) is 4.79 Å². The van der Waals surface area contributed by atoms with Gasteiger partial charge in [-0.2, -0.15) is 0 Å². The molecular formula is C20H17NO4. The zero-order chi connectivity index (χ0) is 17.8. The number of carbonyl (C=O) groups is 2. The second-order valence-electron chi connectivity index (χ2n) is 5.80. The van der Waals surface area contributed by atoms with Gasteiger partial charge in [0.05, 0.1) is 0 Å². The Bertz CT molecular complexity index is 918. The molecule has 0 fully saturated rings. The highest BCUT2D eigenvalue weighted by Gasteiger charge is 2.21. The molecule has 126 valence electrons. The first-order chi connectivity index (χ1) is 12.0. The fraction of sp³-hybridized carbons (Fsp3) is 0.100. The lowest BCUT2D eigenvalue weighted by molar-refractivity contribution is -0.139. The van der Waals surface area contributed by atoms with Gasteiger partial charge < -0.3 is 15.5 Å². The lowest BCUT2D eigenvalue weighted by Gasteiger charge is -2.15. The van der Waals surface area contributed by atoms with Crippen LogP contribution in [-0.4, -0.2) is 28.1 Å². The van der Waals surface area contributed by atoms with Crippen LogP contribution < -0.4 is 5.32 Å². The molecule has 0 saturated carbocycles. The summed E-state index contributed by atoms with van der Waals surface area (Å²) in [6.45, 7) is 0. The molecule has 0 aliphatic heterocycles. The van der Waals surface area contributed by atoms with Crippen LogP contribution >= 0.6 is 0 Å². The maximum Gasteiger partial charge on any atom is 0.326 e. The van der Waals surface area contributed by atoms with Crippen LogP contribution in [0.3, 0.4) is 0 Å². The first-order valence-electron chi connectivity index (χ1n) is 7.83. The van der Waals surface area contributed by atoms with E-state index in [2.05, 4.69) is 5.32 Å². The van der Waals surface area contributed by atoms with Gasteiger partial charge in [0.1, 0.15) is 11.8 Å². The Hall–Kier alpha value is -3.34. The molecule has 1 amide bonds. The number of aliphatic carboxylic acids is 1. The van der Waals surface area contributed by atoms with Gasteiger partial charge in [-0.05, 0) is 40.6 Å². The van der Waals surface area contributed by atoms with Gasteiger partial charge in [-0.3, -0.25) is 4.79 Å². The molecule has 0 aliphatic rings. The second-order valence-corrected chi connectivity index (χ2v) is 5.80. The summed E-state index contributed by atoms with van der Waals surface area (Å²) in [7, 11) is 0. The number of phenols is 1. The van der Waals surface area contributed by atoms with Gasteiger partial charge in [-0.15, -0.1) is 0 Å². The summed E-state index contributed by atoms with van der Waals surface area (Å²) in [5.41, 5.74) is 1.12. The summed E-state index contributed by atoms with van der Waals surface area (Å²) in [5.74, 6) is -1.44. The third kappa shape index (κ3) is 3.95. The van der Waals surface area contributed by atoms with Crippen molar-refractivity contribution in [3.8, 4) is 5.75 Å². The third-order valence-electron chi connectivity index (χ3n) is 3.99. The highest BCUT2D eigenvalue weighted by atomic mass is 16.4. The Balaban J connectivity index is 1.77. The molecule has 3 aromatic rings. The molecule has 0 spiro atoms. The van der Waals surface area contributed by atoms with E-state index in [4.69, 9.17) is 0 Å². The maximum absolute atomic E-state index is 12.4. The number of hydrogen-bond acceptors (Lipinski definition) is 3. The Morgan fingerprint density at radius 1 is 0.920 bits per heavy atom. The standard InChI is InChI=1S/C20H17NO4/c22-17-9-5-13(6-10-17)11-18(20(24)25)21-19(23)16-8-7-14-3-1-2-4-15(14)12-16/h1-10,12,18,22H,11H2,(H,21,23)(H,24,25)/t18-/m0/s1. The molecule has 5 nitrogen and oxygen atoms in total. The molecular weight excluding hydrogens is 318 g/mol. The van der Waals surface area contributed by atoms with E-state index in [1.54, 1.807) is 24.3 Å². The van der Waals surface area contributed by atoms with E-state index >= 15 is 0 Å². The molecule has 0 bridgehead atoms. The molecule has 5 heteroatoms. The Labute approximate surface area is 144 Å². The van der Waals surface area contributed by atoms with Crippen LogP contribution in [0.4, 0.5) is 0 Å². The molecule has 3 aromatic carbocycles. The number of fused-ring (bicyclic) bond motifs is 1. The maximum atomic E-state index is 12.4. The van der Waals surface area contributed by atoms with Crippen LogP contribution in [-0.2, 0) is 11.2 Å². The van der Waals surface area contributed by atoms with Crippen LogP contribution in [0.15, 0.2) is 66.7 Å². The average Bonchev–Trinajstić information content (AvgIpc) is 2.62. The lowest BCUT2D eigenvalue weighted by atomic mass is 10.0. The molecule has 0 radical (unpaired) electrons. The third-order valence-corrected chi connectivity index (χ3v) is 3.99. The van der Waals surface area contributed by atoms with Crippen LogP contribution in [0, 0.1) is 0 Å². The highest BCUT2D eigenvalue weighted by molar-refractivity contribution is 6.00. The van der Waals surface area contributed by atoms with Crippen LogP contribution in [0.5, 0.6) is 5.75 Å². The fourth-order valence-electron chi connectivity index (χ4n) is 2.64. The van der Waals surface area contributed by atoms with Crippen molar-refractivity contribution in [1.82, 2.24) is 5.32 Å². The number of hydrogen-bond donors (Lipinski definition) is 3. The molecule has 0 unspecified atom stereocenters. The molecule has 3 rings (SSSR count). The summed E-state index contributed by atoms with van der Waals surface area (Å²) in [6, 6.07) is 18.1. The van der Waals surface area contributed by atoms with Gasteiger partial charge in [0.25, 0.3) is 5.91 Å². The van der Waals surface area contributed by atoms with Crippen molar-refractivity contribution in [2.45, 2.75) is 12.5 Å². The topological polar surface area (TPSA) is 86.6 Å². The largest absolute Gasteiger partial charge is 0.508 e. The molecule has 0 saturated heterocycles. The molecule has 1 atom stereocenters. The summed E-state index contributed by atoms with van der Waals surface area (Å²) >= 11 is 0. The van der Waals surface area contributed by atoms with E-state index in [9.17, 15) is 19.8 Å². The number of carboxylic acids is 1. The first kappa shape index (κ1) is 16.5. The highest BCUT2D eigenvalue weighted by Crippen LogP contribution is 2.16. The first-order valence-corrected chi connectivity index (χ1v) is 7.83. The number of aromatic hydroxyl groups is 1. The quantitative estimate of drug-likeness (QED) is 0.669. The minimum absolute atomic E-state index is 0.107. The average molecular weight is 335 g/mol. The number of amides is 1. The Morgan fingerprint density at radius 2 is 1.60 bits per heavy atom. The Kier molecular flexibility index (Phi) is 4.66. The monoisotopic (exact) mass is 335 g/mol. The van der Waals surface area contributed by atoms with Gasteiger partial charge >= 0.3 is 5.97 Å². The number of benzene rings is 3. The van der Waals surface area contributed by atoms with Crippen molar-refractivity contribution in [3.05, 3.63) is 77.9 Å². The molecule has 0 heterocycles. The second kappa shape index (κ2) is 7.05. The van der Waals surface area contributed by atoms with E-state index in [0.717, 1.165) is 10.8 Å². The molecule has 0 aliphatic carbocycles. The van der Waals surface area contributed by atoms with Crippen LogP contribution in [0.1, 0.15) is 15.9 Å². The molecule has 0 aromatic heterocycles. The van der Waals surface area contributed by atoms with E-state index in [0.29, 0.717) is 11.1 Å². The van der Waals surface area contributed by atoms with E-state index < -0.39 is 17.9 Å². The fourth-order valence-corrected chi connectivity index (χ4v) is 2.64. The number of phenolic OH excluding ortho intramolecular Hbond substituents is 1. The predicted octanol–water partition coefficient (Wildman–Crippen LogP) is 2.97. The normalized spacial score (nSPS) is 11.8. The van der Waals surface area contributed by atoms with Crippen molar-refractivity contribution in [2.75, 3.05) is 0 Å². The van der Waals surface area contributed by atoms with E-state index in [1.165, 1.54) is 12.1 Å². The van der Waals surface area contributed by atoms with E-state index in [-0.39, 0.29) is 12.2 Å². The molecule has 3 N–H and O–H groups in total. The van der Waals surface area contributed by atoms with Crippen molar-refractivity contribution in [1.29, 1.82) is 0 Å². The van der Waals surface area contributed by atoms with Crippen molar-refractivity contribution < 1.29 is 19.8 Å². The summed E-state index contributed by atoms with van der Waals surface area (Å²) in [5, 5.41) is 23.2. The van der Waals surface area contributed by atoms with E-state index in [1.807, 2.05) is 30.3 Å². The number of carbonyl (C=O) groups excluding carboxylic acids is 1. The number of rotatable bonds is 5. The zero-order valence-electron chi connectivity index (χ0n) is 13.3. The summed E-state index contributed by atoms with van der Waals surface area (Å²) in [4.78, 5) is 23.9. The van der Waals surface area contributed by atoms with Crippen LogP contribution in [0.2, 0.25) is 0 Å². The summed E-state index contributed by atoms with van der Waals surface area (Å²) < 4.78 is 0. The predicted molar refractivity (Wildman–Crippen MR) is 94.6 cm³/mol. The van der Waals surface area contributed by atoms with Gasteiger partial charge in [0.15, 0.2) is 0 Å². The van der Waals surface area contributed by atoms with Crippen LogP contribution in [0.25, 0.3) is 10.8 Å². The smallest absolute Gasteiger partial charge is 0.326 e. The molecule has 25 heavy (non-hydrogen) atoms. The van der Waals surface area contributed by atoms with Gasteiger partial charge in [0.2, 0.25) is 0 Å². The Morgan fingerprint density at radius 3 is 2.28 bits per heavy atom.